The number of nitrogens with zero attached hydrogens (tertiary/aromatic N) is 3. The van der Waals surface area contributed by atoms with Crippen molar-refractivity contribution >= 4 is 16.9 Å². The lowest BCUT2D eigenvalue weighted by Gasteiger charge is -2.32. The van der Waals surface area contributed by atoms with Crippen molar-refractivity contribution in [1.29, 1.82) is 0 Å². The van der Waals surface area contributed by atoms with Crippen LogP contribution >= 0.6 is 0 Å². The van der Waals surface area contributed by atoms with Gasteiger partial charge in [-0.25, -0.2) is 4.98 Å². The lowest BCUT2D eigenvalue weighted by molar-refractivity contribution is 0.0709. The smallest absolute Gasteiger partial charge is 0.253 e. The zero-order chi connectivity index (χ0) is 17.4. The van der Waals surface area contributed by atoms with Gasteiger partial charge in [0.15, 0.2) is 0 Å². The minimum absolute atomic E-state index is 0.111. The molecule has 1 aliphatic rings. The third kappa shape index (κ3) is 3.03. The molecule has 4 rings (SSSR count). The normalized spacial score (nSPS) is 17.8. The Kier molecular flexibility index (Phi) is 4.01. The molecule has 0 radical (unpaired) electrons. The molecule has 0 bridgehead atoms. The van der Waals surface area contributed by atoms with E-state index in [0.29, 0.717) is 6.04 Å². The molecule has 2 heterocycles. The van der Waals surface area contributed by atoms with Crippen molar-refractivity contribution in [1.82, 2.24) is 19.8 Å². The van der Waals surface area contributed by atoms with Crippen LogP contribution in [0, 0.1) is 0 Å². The molecule has 1 amide bonds. The highest BCUT2D eigenvalue weighted by molar-refractivity contribution is 5.95. The van der Waals surface area contributed by atoms with Crippen molar-refractivity contribution in [2.75, 3.05) is 19.6 Å². The summed E-state index contributed by atoms with van der Waals surface area (Å²) in [6.07, 6.45) is 1.82. The first-order valence-corrected chi connectivity index (χ1v) is 8.66. The Bertz CT molecular complexity index is 913. The molecule has 0 saturated carbocycles. The lowest BCUT2D eigenvalue weighted by Crippen LogP contribution is -2.51. The molecular weight excluding hydrogens is 312 g/mol. The number of hydrogen-bond donors (Lipinski definition) is 1. The molecule has 1 fully saturated rings. The second-order valence-electron chi connectivity index (χ2n) is 6.74. The van der Waals surface area contributed by atoms with E-state index in [2.05, 4.69) is 35.4 Å². The van der Waals surface area contributed by atoms with E-state index in [4.69, 9.17) is 0 Å². The number of aromatic nitrogens is 2. The van der Waals surface area contributed by atoms with Crippen molar-refractivity contribution in [2.45, 2.75) is 13.0 Å². The standard InChI is InChI=1S/C20H22N4O/c1-14-12-24(10-9-21-14)20(25)16-5-3-15(4-6-16)17-7-8-19-18(11-17)22-13-23(19)2/h3-8,11,13-14,21H,9-10,12H2,1-2H3/t14-/m1/s1. The van der Waals surface area contributed by atoms with Gasteiger partial charge in [-0.15, -0.1) is 0 Å². The van der Waals surface area contributed by atoms with Crippen LogP contribution in [0.2, 0.25) is 0 Å². The average Bonchev–Trinajstić information content (AvgIpc) is 3.02. The number of piperazine rings is 1. The summed E-state index contributed by atoms with van der Waals surface area (Å²) < 4.78 is 2.01. The number of fused-ring (bicyclic) bond motifs is 1. The van der Waals surface area contributed by atoms with Crippen molar-refractivity contribution in [2.24, 2.45) is 7.05 Å². The second kappa shape index (κ2) is 6.33. The predicted molar refractivity (Wildman–Crippen MR) is 99.5 cm³/mol. The van der Waals surface area contributed by atoms with Gasteiger partial charge in [0.25, 0.3) is 5.91 Å². The quantitative estimate of drug-likeness (QED) is 0.784. The van der Waals surface area contributed by atoms with Crippen LogP contribution in [-0.2, 0) is 7.05 Å². The van der Waals surface area contributed by atoms with Gasteiger partial charge in [-0.05, 0) is 42.3 Å². The predicted octanol–water partition coefficient (Wildman–Crippen LogP) is 2.67. The zero-order valence-electron chi connectivity index (χ0n) is 14.6. The van der Waals surface area contributed by atoms with Gasteiger partial charge >= 0.3 is 0 Å². The molecule has 1 atom stereocenters. The molecule has 1 aromatic heterocycles. The van der Waals surface area contributed by atoms with Gasteiger partial charge in [0.2, 0.25) is 0 Å². The average molecular weight is 334 g/mol. The van der Waals surface area contributed by atoms with Crippen LogP contribution in [0.4, 0.5) is 0 Å². The maximum absolute atomic E-state index is 12.7. The van der Waals surface area contributed by atoms with Gasteiger partial charge in [-0.2, -0.15) is 0 Å². The first-order valence-electron chi connectivity index (χ1n) is 8.66. The van der Waals surface area contributed by atoms with E-state index in [0.717, 1.165) is 47.4 Å². The van der Waals surface area contributed by atoms with Crippen molar-refractivity contribution in [3.63, 3.8) is 0 Å². The van der Waals surface area contributed by atoms with Gasteiger partial charge in [0.1, 0.15) is 0 Å². The Hall–Kier alpha value is -2.66. The molecule has 3 aromatic rings. The number of rotatable bonds is 2. The fourth-order valence-electron chi connectivity index (χ4n) is 3.42. The van der Waals surface area contributed by atoms with Crippen molar-refractivity contribution in [3.8, 4) is 11.1 Å². The zero-order valence-corrected chi connectivity index (χ0v) is 14.6. The largest absolute Gasteiger partial charge is 0.336 e. The number of imidazole rings is 1. The number of nitrogens with one attached hydrogen (secondary N) is 1. The first-order chi connectivity index (χ1) is 12.1. The SMILES string of the molecule is C[C@@H]1CN(C(=O)c2ccc(-c3ccc4c(c3)ncn4C)cc2)CCN1. The highest BCUT2D eigenvalue weighted by Crippen LogP contribution is 2.24. The van der Waals surface area contributed by atoms with Crippen molar-refractivity contribution in [3.05, 3.63) is 54.4 Å². The summed E-state index contributed by atoms with van der Waals surface area (Å²) in [5, 5.41) is 3.36. The lowest BCUT2D eigenvalue weighted by atomic mass is 10.0. The molecular formula is C20H22N4O. The van der Waals surface area contributed by atoms with E-state index in [1.165, 1.54) is 0 Å². The van der Waals surface area contributed by atoms with Crippen LogP contribution in [-0.4, -0.2) is 46.0 Å². The Morgan fingerprint density at radius 1 is 1.16 bits per heavy atom. The van der Waals surface area contributed by atoms with Crippen LogP contribution < -0.4 is 5.32 Å². The van der Waals surface area contributed by atoms with Crippen LogP contribution in [0.25, 0.3) is 22.2 Å². The molecule has 1 N–H and O–H groups in total. The number of amides is 1. The summed E-state index contributed by atoms with van der Waals surface area (Å²) in [5.41, 5.74) is 5.05. The molecule has 1 aliphatic heterocycles. The third-order valence-corrected chi connectivity index (χ3v) is 4.85. The highest BCUT2D eigenvalue weighted by Gasteiger charge is 2.21. The van der Waals surface area contributed by atoms with E-state index < -0.39 is 0 Å². The maximum Gasteiger partial charge on any atom is 0.253 e. The van der Waals surface area contributed by atoms with Gasteiger partial charge < -0.3 is 14.8 Å². The monoisotopic (exact) mass is 334 g/mol. The summed E-state index contributed by atoms with van der Waals surface area (Å²) in [7, 11) is 1.99. The summed E-state index contributed by atoms with van der Waals surface area (Å²) >= 11 is 0. The first kappa shape index (κ1) is 15.8. The van der Waals surface area contributed by atoms with Crippen LogP contribution in [0.3, 0.4) is 0 Å². The Balaban J connectivity index is 1.57. The van der Waals surface area contributed by atoms with Gasteiger partial charge in [0, 0.05) is 38.3 Å². The summed E-state index contributed by atoms with van der Waals surface area (Å²) in [4.78, 5) is 19.0. The van der Waals surface area contributed by atoms with Crippen LogP contribution in [0.5, 0.6) is 0 Å². The number of benzene rings is 2. The number of carbonyl (C=O) groups is 1. The summed E-state index contributed by atoms with van der Waals surface area (Å²) in [6, 6.07) is 14.5. The van der Waals surface area contributed by atoms with Gasteiger partial charge in [-0.3, -0.25) is 4.79 Å². The molecule has 25 heavy (non-hydrogen) atoms. The molecule has 5 heteroatoms. The number of carbonyl (C=O) groups excluding carboxylic acids is 1. The number of hydrogen-bond acceptors (Lipinski definition) is 3. The summed E-state index contributed by atoms with van der Waals surface area (Å²) in [6.45, 7) is 4.49. The minimum atomic E-state index is 0.111. The molecule has 0 unspecified atom stereocenters. The van der Waals surface area contributed by atoms with Gasteiger partial charge in [0.05, 0.1) is 17.4 Å². The molecule has 0 aliphatic carbocycles. The van der Waals surface area contributed by atoms with Crippen LogP contribution in [0.1, 0.15) is 17.3 Å². The Labute approximate surface area is 147 Å². The van der Waals surface area contributed by atoms with E-state index in [9.17, 15) is 4.79 Å². The fraction of sp³-hybridized carbons (Fsp3) is 0.300. The highest BCUT2D eigenvalue weighted by atomic mass is 16.2. The van der Waals surface area contributed by atoms with E-state index in [-0.39, 0.29) is 5.91 Å². The maximum atomic E-state index is 12.7. The van der Waals surface area contributed by atoms with Gasteiger partial charge in [-0.1, -0.05) is 18.2 Å². The number of aryl methyl sites for hydroxylation is 1. The third-order valence-electron chi connectivity index (χ3n) is 4.85. The Morgan fingerprint density at radius 2 is 1.92 bits per heavy atom. The van der Waals surface area contributed by atoms with E-state index in [1.807, 2.05) is 47.1 Å². The minimum Gasteiger partial charge on any atom is -0.336 e. The molecule has 128 valence electrons. The molecule has 0 spiro atoms. The topological polar surface area (TPSA) is 50.2 Å². The van der Waals surface area contributed by atoms with Crippen molar-refractivity contribution < 1.29 is 4.79 Å². The Morgan fingerprint density at radius 3 is 2.68 bits per heavy atom. The molecule has 1 saturated heterocycles. The van der Waals surface area contributed by atoms with E-state index in [1.54, 1.807) is 0 Å². The van der Waals surface area contributed by atoms with Crippen LogP contribution in [0.15, 0.2) is 48.8 Å². The fourth-order valence-corrected chi connectivity index (χ4v) is 3.42. The molecule has 5 nitrogen and oxygen atoms in total. The summed E-state index contributed by atoms with van der Waals surface area (Å²) in [5.74, 6) is 0.111. The second-order valence-corrected chi connectivity index (χ2v) is 6.74. The molecule has 2 aromatic carbocycles. The van der Waals surface area contributed by atoms with E-state index >= 15 is 0 Å².